The van der Waals surface area contributed by atoms with Gasteiger partial charge < -0.3 is 20.6 Å². The quantitative estimate of drug-likeness (QED) is 0.350. The van der Waals surface area contributed by atoms with Crippen molar-refractivity contribution in [2.24, 2.45) is 5.73 Å². The van der Waals surface area contributed by atoms with E-state index in [0.29, 0.717) is 24.0 Å². The van der Waals surface area contributed by atoms with Gasteiger partial charge in [-0.3, -0.25) is 9.59 Å². The number of carbonyl (C=O) groups is 3. The maximum absolute atomic E-state index is 14.5. The van der Waals surface area contributed by atoms with Gasteiger partial charge in [0.15, 0.2) is 0 Å². The fourth-order valence-electron chi connectivity index (χ4n) is 6.76. The fraction of sp³-hybridized carbons (Fsp3) is 0.229. The van der Waals surface area contributed by atoms with Gasteiger partial charge >= 0.3 is 5.97 Å². The standard InChI is InChI=1S/C35H33N3O4/c36-35(26-17-9-3-10-18-26,27-19-11-4-12-20-27)34(42)37-23-28-21-22-29(31(37)33(40)41)38(28)32(39)30(24-13-5-1-6-14-24)25-15-7-2-8-16-25/h1-20,28-31H,21-23,36H2,(H,40,41)/t28-,29+,31-/m0/s1. The van der Waals surface area contributed by atoms with Crippen LogP contribution >= 0.6 is 0 Å². The largest absolute Gasteiger partial charge is 0.480 e. The highest BCUT2D eigenvalue weighted by atomic mass is 16.4. The summed E-state index contributed by atoms with van der Waals surface area (Å²) in [5.74, 6) is -2.37. The van der Waals surface area contributed by atoms with Crippen LogP contribution in [-0.2, 0) is 19.9 Å². The van der Waals surface area contributed by atoms with Gasteiger partial charge in [-0.25, -0.2) is 4.79 Å². The average molecular weight is 560 g/mol. The molecule has 2 heterocycles. The van der Waals surface area contributed by atoms with E-state index in [1.807, 2.05) is 97.1 Å². The smallest absolute Gasteiger partial charge is 0.328 e. The molecule has 0 aromatic heterocycles. The molecule has 2 aliphatic rings. The topological polar surface area (TPSA) is 104 Å². The Bertz CT molecular complexity index is 1480. The first-order valence-corrected chi connectivity index (χ1v) is 14.3. The van der Waals surface area contributed by atoms with E-state index in [2.05, 4.69) is 0 Å². The molecule has 0 unspecified atom stereocenters. The van der Waals surface area contributed by atoms with Gasteiger partial charge in [-0.15, -0.1) is 0 Å². The molecule has 4 aromatic carbocycles. The van der Waals surface area contributed by atoms with Crippen LogP contribution in [0.25, 0.3) is 0 Å². The predicted octanol–water partition coefficient (Wildman–Crippen LogP) is 4.38. The molecule has 0 aliphatic carbocycles. The lowest BCUT2D eigenvalue weighted by Gasteiger charge is -2.48. The molecule has 2 bridgehead atoms. The number of nitrogens with zero attached hydrogens (tertiary/aromatic N) is 2. The van der Waals surface area contributed by atoms with Crippen molar-refractivity contribution in [1.82, 2.24) is 9.80 Å². The summed E-state index contributed by atoms with van der Waals surface area (Å²) in [6.45, 7) is 0.0902. The molecule has 0 radical (unpaired) electrons. The van der Waals surface area contributed by atoms with Crippen molar-refractivity contribution in [2.75, 3.05) is 6.54 Å². The van der Waals surface area contributed by atoms with Crippen LogP contribution in [0.1, 0.15) is 41.0 Å². The highest BCUT2D eigenvalue weighted by molar-refractivity contribution is 5.96. The molecule has 42 heavy (non-hydrogen) atoms. The Morgan fingerprint density at radius 1 is 0.714 bits per heavy atom. The molecule has 212 valence electrons. The minimum Gasteiger partial charge on any atom is -0.480 e. The number of carboxylic acids is 1. The number of likely N-dealkylation sites (tertiary alicyclic amines) is 1. The molecule has 7 heteroatoms. The van der Waals surface area contributed by atoms with Crippen molar-refractivity contribution in [3.8, 4) is 0 Å². The van der Waals surface area contributed by atoms with Crippen LogP contribution in [0.5, 0.6) is 0 Å². The van der Waals surface area contributed by atoms with Gasteiger partial charge in [0.25, 0.3) is 5.91 Å². The third-order valence-corrected chi connectivity index (χ3v) is 8.73. The molecule has 4 aromatic rings. The molecule has 6 rings (SSSR count). The molecule has 2 fully saturated rings. The summed E-state index contributed by atoms with van der Waals surface area (Å²) >= 11 is 0. The number of amides is 2. The summed E-state index contributed by atoms with van der Waals surface area (Å²) in [4.78, 5) is 45.1. The predicted molar refractivity (Wildman–Crippen MR) is 159 cm³/mol. The number of hydrogen-bond donors (Lipinski definition) is 2. The number of fused-ring (bicyclic) bond motifs is 2. The zero-order chi connectivity index (χ0) is 29.3. The van der Waals surface area contributed by atoms with Crippen LogP contribution in [0.15, 0.2) is 121 Å². The fourth-order valence-corrected chi connectivity index (χ4v) is 6.76. The van der Waals surface area contributed by atoms with Crippen LogP contribution in [0.4, 0.5) is 0 Å². The summed E-state index contributed by atoms with van der Waals surface area (Å²) in [5.41, 5.74) is 8.25. The monoisotopic (exact) mass is 559 g/mol. The summed E-state index contributed by atoms with van der Waals surface area (Å²) in [6, 6.07) is 35.0. The lowest BCUT2D eigenvalue weighted by Crippen LogP contribution is -2.68. The van der Waals surface area contributed by atoms with Crippen molar-refractivity contribution >= 4 is 17.8 Å². The third kappa shape index (κ3) is 4.65. The Morgan fingerprint density at radius 2 is 1.17 bits per heavy atom. The van der Waals surface area contributed by atoms with E-state index in [4.69, 9.17) is 5.73 Å². The van der Waals surface area contributed by atoms with Gasteiger partial charge in [0.2, 0.25) is 5.91 Å². The first kappa shape index (κ1) is 27.4. The van der Waals surface area contributed by atoms with Crippen LogP contribution < -0.4 is 5.73 Å². The van der Waals surface area contributed by atoms with E-state index in [1.165, 1.54) is 4.90 Å². The van der Waals surface area contributed by atoms with Crippen molar-refractivity contribution in [1.29, 1.82) is 0 Å². The normalized spacial score (nSPS) is 20.0. The molecule has 7 nitrogen and oxygen atoms in total. The summed E-state index contributed by atoms with van der Waals surface area (Å²) in [5, 5.41) is 10.6. The lowest BCUT2D eigenvalue weighted by molar-refractivity contribution is -0.163. The van der Waals surface area contributed by atoms with E-state index >= 15 is 0 Å². The molecule has 0 saturated carbocycles. The zero-order valence-corrected chi connectivity index (χ0v) is 23.1. The molecule has 2 aliphatic heterocycles. The minimum atomic E-state index is -1.60. The maximum atomic E-state index is 14.5. The molecule has 3 atom stereocenters. The summed E-state index contributed by atoms with van der Waals surface area (Å²) in [7, 11) is 0. The van der Waals surface area contributed by atoms with E-state index in [-0.39, 0.29) is 18.5 Å². The summed E-state index contributed by atoms with van der Waals surface area (Å²) in [6.07, 6.45) is 1.09. The highest BCUT2D eigenvalue weighted by Gasteiger charge is 2.56. The minimum absolute atomic E-state index is 0.0902. The molecule has 2 amide bonds. The van der Waals surface area contributed by atoms with Crippen molar-refractivity contribution in [3.05, 3.63) is 144 Å². The number of benzene rings is 4. The van der Waals surface area contributed by atoms with Crippen LogP contribution in [0, 0.1) is 0 Å². The zero-order valence-electron chi connectivity index (χ0n) is 23.1. The first-order valence-electron chi connectivity index (χ1n) is 14.3. The number of piperazine rings is 1. The SMILES string of the molecule is NC(C(=O)N1C[C@@H]2CC[C@H]([C@H]1C(=O)O)N2C(=O)C(c1ccccc1)c1ccccc1)(c1ccccc1)c1ccccc1. The molecular formula is C35H33N3O4. The Morgan fingerprint density at radius 3 is 1.62 bits per heavy atom. The van der Waals surface area contributed by atoms with Crippen LogP contribution in [0.3, 0.4) is 0 Å². The Kier molecular flexibility index (Phi) is 7.35. The van der Waals surface area contributed by atoms with E-state index in [9.17, 15) is 19.5 Å². The molecule has 3 N–H and O–H groups in total. The Hall–Kier alpha value is -4.75. The van der Waals surface area contributed by atoms with Crippen molar-refractivity contribution in [3.63, 3.8) is 0 Å². The molecular weight excluding hydrogens is 526 g/mol. The van der Waals surface area contributed by atoms with Gasteiger partial charge in [0.1, 0.15) is 11.6 Å². The van der Waals surface area contributed by atoms with Gasteiger partial charge in [-0.05, 0) is 35.1 Å². The second-order valence-corrected chi connectivity index (χ2v) is 11.1. The summed E-state index contributed by atoms with van der Waals surface area (Å²) < 4.78 is 0. The van der Waals surface area contributed by atoms with E-state index < -0.39 is 35.4 Å². The number of carboxylic acid groups (broad SMARTS) is 1. The van der Waals surface area contributed by atoms with Gasteiger partial charge in [0, 0.05) is 12.6 Å². The number of carbonyl (C=O) groups excluding carboxylic acids is 2. The van der Waals surface area contributed by atoms with E-state index in [1.54, 1.807) is 29.2 Å². The second kappa shape index (κ2) is 11.3. The highest BCUT2D eigenvalue weighted by Crippen LogP contribution is 2.41. The number of aliphatic carboxylic acids is 1. The van der Waals surface area contributed by atoms with E-state index in [0.717, 1.165) is 11.1 Å². The second-order valence-electron chi connectivity index (χ2n) is 11.1. The molecule has 2 saturated heterocycles. The number of rotatable bonds is 7. The average Bonchev–Trinajstić information content (AvgIpc) is 3.34. The first-order chi connectivity index (χ1) is 20.4. The maximum Gasteiger partial charge on any atom is 0.328 e. The number of nitrogens with two attached hydrogens (primary N) is 1. The number of hydrogen-bond acceptors (Lipinski definition) is 4. The third-order valence-electron chi connectivity index (χ3n) is 8.73. The Labute approximate surface area is 245 Å². The van der Waals surface area contributed by atoms with Crippen molar-refractivity contribution in [2.45, 2.75) is 42.4 Å². The van der Waals surface area contributed by atoms with Crippen LogP contribution in [-0.4, -0.2) is 57.4 Å². The van der Waals surface area contributed by atoms with Crippen LogP contribution in [0.2, 0.25) is 0 Å². The Balaban J connectivity index is 1.39. The van der Waals surface area contributed by atoms with Gasteiger partial charge in [-0.2, -0.15) is 0 Å². The van der Waals surface area contributed by atoms with Crippen molar-refractivity contribution < 1.29 is 19.5 Å². The lowest BCUT2D eigenvalue weighted by atomic mass is 9.81. The van der Waals surface area contributed by atoms with Gasteiger partial charge in [0.05, 0.1) is 12.0 Å². The van der Waals surface area contributed by atoms with Gasteiger partial charge in [-0.1, -0.05) is 121 Å². The molecule has 0 spiro atoms.